The van der Waals surface area contributed by atoms with E-state index in [-0.39, 0.29) is 24.2 Å². The maximum atomic E-state index is 12.3. The number of esters is 1. The third-order valence-electron chi connectivity index (χ3n) is 3.59. The van der Waals surface area contributed by atoms with E-state index in [1.807, 2.05) is 0 Å². The highest BCUT2D eigenvalue weighted by molar-refractivity contribution is 5.74. The molecule has 1 aliphatic heterocycles. The zero-order chi connectivity index (χ0) is 16.2. The molecule has 0 radical (unpaired) electrons. The lowest BCUT2D eigenvalue weighted by Crippen LogP contribution is -2.40. The highest BCUT2D eigenvalue weighted by Crippen LogP contribution is 2.34. The second kappa shape index (κ2) is 7.00. The van der Waals surface area contributed by atoms with Gasteiger partial charge in [-0.3, -0.25) is 4.79 Å². The van der Waals surface area contributed by atoms with Crippen LogP contribution in [0.2, 0.25) is 0 Å². The van der Waals surface area contributed by atoms with Gasteiger partial charge in [0.2, 0.25) is 0 Å². The SMILES string of the molecule is CCOC(=O)C1CNCCC1c1cccc(OC(F)(F)F)c1. The lowest BCUT2D eigenvalue weighted by atomic mass is 9.81. The van der Waals surface area contributed by atoms with Gasteiger partial charge < -0.3 is 14.8 Å². The lowest BCUT2D eigenvalue weighted by Gasteiger charge is -2.31. The number of hydrogen-bond donors (Lipinski definition) is 1. The van der Waals surface area contributed by atoms with Gasteiger partial charge in [0.15, 0.2) is 0 Å². The van der Waals surface area contributed by atoms with Crippen molar-refractivity contribution in [1.82, 2.24) is 5.32 Å². The summed E-state index contributed by atoms with van der Waals surface area (Å²) in [5.74, 6) is -1.19. The van der Waals surface area contributed by atoms with E-state index < -0.39 is 12.3 Å². The Kier molecular flexibility index (Phi) is 5.28. The lowest BCUT2D eigenvalue weighted by molar-refractivity contribution is -0.274. The molecule has 0 aromatic heterocycles. The van der Waals surface area contributed by atoms with Crippen molar-refractivity contribution in [3.05, 3.63) is 29.8 Å². The molecular formula is C15H18F3NO3. The van der Waals surface area contributed by atoms with Crippen molar-refractivity contribution in [2.24, 2.45) is 5.92 Å². The molecule has 1 fully saturated rings. The molecule has 0 bridgehead atoms. The average molecular weight is 317 g/mol. The van der Waals surface area contributed by atoms with Crippen LogP contribution in [0.3, 0.4) is 0 Å². The van der Waals surface area contributed by atoms with E-state index in [1.165, 1.54) is 18.2 Å². The van der Waals surface area contributed by atoms with Crippen molar-refractivity contribution in [1.29, 1.82) is 0 Å². The molecule has 0 aliphatic carbocycles. The summed E-state index contributed by atoms with van der Waals surface area (Å²) in [6.07, 6.45) is -4.08. The van der Waals surface area contributed by atoms with Crippen molar-refractivity contribution in [3.8, 4) is 5.75 Å². The first-order chi connectivity index (χ1) is 10.4. The molecule has 1 heterocycles. The van der Waals surface area contributed by atoms with E-state index >= 15 is 0 Å². The van der Waals surface area contributed by atoms with E-state index in [9.17, 15) is 18.0 Å². The first kappa shape index (κ1) is 16.6. The molecule has 0 saturated carbocycles. The Morgan fingerprint density at radius 3 is 2.86 bits per heavy atom. The fraction of sp³-hybridized carbons (Fsp3) is 0.533. The second-order valence-corrected chi connectivity index (χ2v) is 5.08. The van der Waals surface area contributed by atoms with Crippen LogP contribution in [0.15, 0.2) is 24.3 Å². The van der Waals surface area contributed by atoms with Crippen LogP contribution in [0.25, 0.3) is 0 Å². The van der Waals surface area contributed by atoms with Gasteiger partial charge in [-0.1, -0.05) is 12.1 Å². The van der Waals surface area contributed by atoms with E-state index in [0.717, 1.165) is 0 Å². The number of ether oxygens (including phenoxy) is 2. The summed E-state index contributed by atoms with van der Waals surface area (Å²) in [6.45, 7) is 3.15. The van der Waals surface area contributed by atoms with Gasteiger partial charge in [-0.15, -0.1) is 13.2 Å². The van der Waals surface area contributed by atoms with Gasteiger partial charge in [-0.2, -0.15) is 0 Å². The predicted octanol–water partition coefficient (Wildman–Crippen LogP) is 2.84. The fourth-order valence-electron chi connectivity index (χ4n) is 2.70. The Hall–Kier alpha value is -1.76. The van der Waals surface area contributed by atoms with Gasteiger partial charge >= 0.3 is 12.3 Å². The molecule has 1 saturated heterocycles. The molecule has 1 aromatic carbocycles. The van der Waals surface area contributed by atoms with Gasteiger partial charge in [-0.25, -0.2) is 0 Å². The molecule has 0 spiro atoms. The Balaban J connectivity index is 2.20. The van der Waals surface area contributed by atoms with Crippen molar-refractivity contribution in [3.63, 3.8) is 0 Å². The number of hydrogen-bond acceptors (Lipinski definition) is 4. The van der Waals surface area contributed by atoms with E-state index in [0.29, 0.717) is 25.1 Å². The largest absolute Gasteiger partial charge is 0.573 e. The Morgan fingerprint density at radius 1 is 1.41 bits per heavy atom. The fourth-order valence-corrected chi connectivity index (χ4v) is 2.70. The molecule has 7 heteroatoms. The zero-order valence-corrected chi connectivity index (χ0v) is 12.2. The first-order valence-corrected chi connectivity index (χ1v) is 7.13. The summed E-state index contributed by atoms with van der Waals surface area (Å²) in [6, 6.07) is 5.80. The Bertz CT molecular complexity index is 519. The summed E-state index contributed by atoms with van der Waals surface area (Å²) in [5, 5.41) is 3.11. The molecule has 0 amide bonds. The van der Waals surface area contributed by atoms with Crippen molar-refractivity contribution < 1.29 is 27.4 Å². The molecular weight excluding hydrogens is 299 g/mol. The van der Waals surface area contributed by atoms with E-state index in [4.69, 9.17) is 4.74 Å². The minimum Gasteiger partial charge on any atom is -0.466 e. The smallest absolute Gasteiger partial charge is 0.466 e. The van der Waals surface area contributed by atoms with Crippen LogP contribution in [0.4, 0.5) is 13.2 Å². The number of nitrogens with one attached hydrogen (secondary N) is 1. The van der Waals surface area contributed by atoms with Gasteiger partial charge in [0, 0.05) is 6.54 Å². The van der Waals surface area contributed by atoms with Crippen molar-refractivity contribution >= 4 is 5.97 Å². The third-order valence-corrected chi connectivity index (χ3v) is 3.59. The average Bonchev–Trinajstić information content (AvgIpc) is 2.46. The van der Waals surface area contributed by atoms with Gasteiger partial charge in [0.05, 0.1) is 12.5 Å². The normalized spacial score (nSPS) is 22.2. The number of rotatable bonds is 4. The Morgan fingerprint density at radius 2 is 2.18 bits per heavy atom. The monoisotopic (exact) mass is 317 g/mol. The van der Waals surface area contributed by atoms with E-state index in [2.05, 4.69) is 10.1 Å². The first-order valence-electron chi connectivity index (χ1n) is 7.13. The summed E-state index contributed by atoms with van der Waals surface area (Å²) >= 11 is 0. The molecule has 2 unspecified atom stereocenters. The number of piperidine rings is 1. The maximum Gasteiger partial charge on any atom is 0.573 e. The molecule has 2 atom stereocenters. The number of alkyl halides is 3. The minimum atomic E-state index is -4.73. The van der Waals surface area contributed by atoms with Crippen LogP contribution >= 0.6 is 0 Å². The zero-order valence-electron chi connectivity index (χ0n) is 12.2. The van der Waals surface area contributed by atoms with Crippen LogP contribution in [0.5, 0.6) is 5.75 Å². The number of carbonyl (C=O) groups is 1. The van der Waals surface area contributed by atoms with Crippen LogP contribution < -0.4 is 10.1 Å². The standard InChI is InChI=1S/C15H18F3NO3/c1-2-21-14(20)13-9-19-7-6-12(13)10-4-3-5-11(8-10)22-15(16,17)18/h3-5,8,12-13,19H,2,6-7,9H2,1H3. The van der Waals surface area contributed by atoms with Gasteiger partial charge in [-0.05, 0) is 43.5 Å². The third kappa shape index (κ3) is 4.37. The van der Waals surface area contributed by atoms with Crippen LogP contribution in [-0.4, -0.2) is 32.0 Å². The maximum absolute atomic E-state index is 12.3. The highest BCUT2D eigenvalue weighted by atomic mass is 19.4. The molecule has 4 nitrogen and oxygen atoms in total. The van der Waals surface area contributed by atoms with Crippen LogP contribution in [-0.2, 0) is 9.53 Å². The van der Waals surface area contributed by atoms with Gasteiger partial charge in [0.25, 0.3) is 0 Å². The minimum absolute atomic E-state index is 0.183. The molecule has 22 heavy (non-hydrogen) atoms. The molecule has 1 N–H and O–H groups in total. The summed E-state index contributed by atoms with van der Waals surface area (Å²) in [5.41, 5.74) is 0.654. The van der Waals surface area contributed by atoms with Gasteiger partial charge in [0.1, 0.15) is 5.75 Å². The van der Waals surface area contributed by atoms with Crippen LogP contribution in [0.1, 0.15) is 24.8 Å². The summed E-state index contributed by atoms with van der Waals surface area (Å²) in [4.78, 5) is 12.0. The topological polar surface area (TPSA) is 47.6 Å². The summed E-state index contributed by atoms with van der Waals surface area (Å²) in [7, 11) is 0. The number of benzene rings is 1. The van der Waals surface area contributed by atoms with Crippen molar-refractivity contribution in [2.45, 2.75) is 25.6 Å². The summed E-state index contributed by atoms with van der Waals surface area (Å²) < 4.78 is 45.9. The van der Waals surface area contributed by atoms with Crippen LogP contribution in [0, 0.1) is 5.92 Å². The van der Waals surface area contributed by atoms with Crippen molar-refractivity contribution in [2.75, 3.05) is 19.7 Å². The highest BCUT2D eigenvalue weighted by Gasteiger charge is 2.34. The second-order valence-electron chi connectivity index (χ2n) is 5.08. The number of halogens is 3. The molecule has 122 valence electrons. The predicted molar refractivity (Wildman–Crippen MR) is 73.5 cm³/mol. The number of carbonyl (C=O) groups excluding carboxylic acids is 1. The quantitative estimate of drug-likeness (QED) is 0.868. The molecule has 1 aliphatic rings. The van der Waals surface area contributed by atoms with E-state index in [1.54, 1.807) is 13.0 Å². The Labute approximate surface area is 126 Å². The molecule has 1 aromatic rings. The molecule has 2 rings (SSSR count).